The summed E-state index contributed by atoms with van der Waals surface area (Å²) < 4.78 is 28.6. The number of carbonyl (C=O) groups is 1. The summed E-state index contributed by atoms with van der Waals surface area (Å²) >= 11 is 0. The Morgan fingerprint density at radius 2 is 1.92 bits per heavy atom. The Hall–Kier alpha value is -2.69. The predicted octanol–water partition coefficient (Wildman–Crippen LogP) is 4.05. The number of nitrogens with zero attached hydrogens (tertiary/aromatic N) is 1. The summed E-state index contributed by atoms with van der Waals surface area (Å²) in [6, 6.07) is 13.2. The first-order valence-electron chi connectivity index (χ1n) is 7.84. The maximum Gasteiger partial charge on any atom is 0.254 e. The lowest BCUT2D eigenvalue weighted by atomic mass is 10.2. The lowest BCUT2D eigenvalue weighted by molar-refractivity contribution is 0.0948. The average molecular weight is 328 g/mol. The van der Waals surface area contributed by atoms with E-state index in [4.69, 9.17) is 0 Å². The standard InChI is InChI=1S/C19H18F2N2O/c1-13-11-14-5-2-3-6-18(14)23(13)10-4-9-22-19(24)16-8-7-15(20)12-17(16)21/h2-3,5-8,11-12H,4,9-10H2,1H3,(H,22,24). The maximum absolute atomic E-state index is 13.6. The van der Waals surface area contributed by atoms with Crippen molar-refractivity contribution in [1.82, 2.24) is 9.88 Å². The number of rotatable bonds is 5. The van der Waals surface area contributed by atoms with Crippen LogP contribution in [0, 0.1) is 18.6 Å². The van der Waals surface area contributed by atoms with Crippen molar-refractivity contribution in [3.63, 3.8) is 0 Å². The highest BCUT2D eigenvalue weighted by atomic mass is 19.1. The Balaban J connectivity index is 1.58. The fraction of sp³-hybridized carbons (Fsp3) is 0.211. The van der Waals surface area contributed by atoms with Gasteiger partial charge in [-0.25, -0.2) is 8.78 Å². The number of halogens is 2. The molecule has 1 heterocycles. The van der Waals surface area contributed by atoms with Crippen molar-refractivity contribution < 1.29 is 13.6 Å². The zero-order valence-electron chi connectivity index (χ0n) is 13.4. The van der Waals surface area contributed by atoms with Gasteiger partial charge >= 0.3 is 0 Å². The summed E-state index contributed by atoms with van der Waals surface area (Å²) in [5.41, 5.74) is 2.18. The van der Waals surface area contributed by atoms with Crippen LogP contribution in [0.3, 0.4) is 0 Å². The maximum atomic E-state index is 13.6. The second kappa shape index (κ2) is 6.83. The summed E-state index contributed by atoms with van der Waals surface area (Å²) in [5, 5.41) is 3.86. The van der Waals surface area contributed by atoms with Crippen LogP contribution >= 0.6 is 0 Å². The third kappa shape index (κ3) is 3.30. The third-order valence-corrected chi connectivity index (χ3v) is 4.04. The SMILES string of the molecule is Cc1cc2ccccc2n1CCCNC(=O)c1ccc(F)cc1F. The normalized spacial score (nSPS) is 11.0. The number of benzene rings is 2. The van der Waals surface area contributed by atoms with Crippen molar-refractivity contribution in [2.24, 2.45) is 0 Å². The Labute approximate surface area is 138 Å². The van der Waals surface area contributed by atoms with E-state index in [9.17, 15) is 13.6 Å². The number of carbonyl (C=O) groups excluding carboxylic acids is 1. The van der Waals surface area contributed by atoms with Crippen molar-refractivity contribution in [2.45, 2.75) is 19.9 Å². The van der Waals surface area contributed by atoms with Gasteiger partial charge in [0, 0.05) is 30.4 Å². The fourth-order valence-corrected chi connectivity index (χ4v) is 2.85. The largest absolute Gasteiger partial charge is 0.352 e. The van der Waals surface area contributed by atoms with Gasteiger partial charge in [0.25, 0.3) is 5.91 Å². The predicted molar refractivity (Wildman–Crippen MR) is 90.0 cm³/mol. The van der Waals surface area contributed by atoms with Gasteiger partial charge in [0.2, 0.25) is 0 Å². The van der Waals surface area contributed by atoms with E-state index < -0.39 is 17.5 Å². The van der Waals surface area contributed by atoms with Gasteiger partial charge in [-0.3, -0.25) is 4.79 Å². The fourth-order valence-electron chi connectivity index (χ4n) is 2.85. The van der Waals surface area contributed by atoms with Crippen LogP contribution in [-0.2, 0) is 6.54 Å². The number of para-hydroxylation sites is 1. The van der Waals surface area contributed by atoms with Crippen molar-refractivity contribution in [3.05, 3.63) is 71.4 Å². The number of nitrogens with one attached hydrogen (secondary N) is 1. The molecular formula is C19H18F2N2O. The third-order valence-electron chi connectivity index (χ3n) is 4.04. The van der Waals surface area contributed by atoms with Gasteiger partial charge in [0.15, 0.2) is 0 Å². The van der Waals surface area contributed by atoms with Crippen molar-refractivity contribution in [2.75, 3.05) is 6.54 Å². The molecule has 0 unspecified atom stereocenters. The van der Waals surface area contributed by atoms with Gasteiger partial charge in [-0.15, -0.1) is 0 Å². The van der Waals surface area contributed by atoms with Crippen LogP contribution in [-0.4, -0.2) is 17.0 Å². The molecule has 24 heavy (non-hydrogen) atoms. The zero-order chi connectivity index (χ0) is 17.1. The molecule has 1 amide bonds. The molecule has 0 aliphatic carbocycles. The molecule has 1 aromatic heterocycles. The van der Waals surface area contributed by atoms with Gasteiger partial charge in [-0.05, 0) is 43.0 Å². The number of hydrogen-bond donors (Lipinski definition) is 1. The van der Waals surface area contributed by atoms with Gasteiger partial charge < -0.3 is 9.88 Å². The van der Waals surface area contributed by atoms with E-state index in [0.717, 1.165) is 29.9 Å². The molecule has 1 N–H and O–H groups in total. The number of hydrogen-bond acceptors (Lipinski definition) is 1. The van der Waals surface area contributed by atoms with Gasteiger partial charge in [-0.1, -0.05) is 18.2 Å². The minimum Gasteiger partial charge on any atom is -0.352 e. The molecule has 3 nitrogen and oxygen atoms in total. The van der Waals surface area contributed by atoms with Gasteiger partial charge in [-0.2, -0.15) is 0 Å². The summed E-state index contributed by atoms with van der Waals surface area (Å²) in [7, 11) is 0. The summed E-state index contributed by atoms with van der Waals surface area (Å²) in [4.78, 5) is 11.9. The average Bonchev–Trinajstić information content (AvgIpc) is 2.87. The number of amides is 1. The highest BCUT2D eigenvalue weighted by Crippen LogP contribution is 2.19. The highest BCUT2D eigenvalue weighted by Gasteiger charge is 2.12. The van der Waals surface area contributed by atoms with Crippen LogP contribution in [0.15, 0.2) is 48.5 Å². The number of aryl methyl sites for hydroxylation is 2. The Bertz CT molecular complexity index is 886. The molecule has 0 aliphatic rings. The molecule has 0 fully saturated rings. The van der Waals surface area contributed by atoms with Crippen LogP contribution < -0.4 is 5.32 Å². The molecule has 0 bridgehead atoms. The minimum absolute atomic E-state index is 0.140. The van der Waals surface area contributed by atoms with E-state index in [1.807, 2.05) is 19.1 Å². The summed E-state index contributed by atoms with van der Waals surface area (Å²) in [6.45, 7) is 3.22. The summed E-state index contributed by atoms with van der Waals surface area (Å²) in [5.74, 6) is -2.07. The molecule has 0 saturated carbocycles. The molecule has 3 rings (SSSR count). The van der Waals surface area contributed by atoms with Crippen LogP contribution in [0.1, 0.15) is 22.5 Å². The molecule has 0 atom stereocenters. The van der Waals surface area contributed by atoms with E-state index in [0.29, 0.717) is 19.0 Å². The topological polar surface area (TPSA) is 34.0 Å². The molecule has 0 radical (unpaired) electrons. The molecule has 5 heteroatoms. The van der Waals surface area contributed by atoms with E-state index in [1.54, 1.807) is 0 Å². The Kier molecular flexibility index (Phi) is 4.60. The Morgan fingerprint density at radius 1 is 1.12 bits per heavy atom. The van der Waals surface area contributed by atoms with Crippen LogP contribution in [0.4, 0.5) is 8.78 Å². The van der Waals surface area contributed by atoms with Crippen molar-refractivity contribution in [3.8, 4) is 0 Å². The van der Waals surface area contributed by atoms with Crippen molar-refractivity contribution in [1.29, 1.82) is 0 Å². The van der Waals surface area contributed by atoms with Crippen molar-refractivity contribution >= 4 is 16.8 Å². The first-order chi connectivity index (χ1) is 11.6. The monoisotopic (exact) mass is 328 g/mol. The smallest absolute Gasteiger partial charge is 0.254 e. The van der Waals surface area contributed by atoms with Gasteiger partial charge in [0.05, 0.1) is 5.56 Å². The first kappa shape index (κ1) is 16.2. The van der Waals surface area contributed by atoms with Crippen LogP contribution in [0.2, 0.25) is 0 Å². The molecule has 0 aliphatic heterocycles. The molecule has 2 aromatic carbocycles. The highest BCUT2D eigenvalue weighted by molar-refractivity contribution is 5.94. The second-order valence-electron chi connectivity index (χ2n) is 5.73. The van der Waals surface area contributed by atoms with E-state index in [1.165, 1.54) is 5.39 Å². The zero-order valence-corrected chi connectivity index (χ0v) is 13.4. The quantitative estimate of drug-likeness (QED) is 0.705. The Morgan fingerprint density at radius 3 is 2.71 bits per heavy atom. The molecular weight excluding hydrogens is 310 g/mol. The van der Waals surface area contributed by atoms with Crippen LogP contribution in [0.25, 0.3) is 10.9 Å². The lowest BCUT2D eigenvalue weighted by Gasteiger charge is -2.10. The van der Waals surface area contributed by atoms with E-state index in [-0.39, 0.29) is 5.56 Å². The van der Waals surface area contributed by atoms with E-state index >= 15 is 0 Å². The minimum atomic E-state index is -0.847. The molecule has 0 spiro atoms. The van der Waals surface area contributed by atoms with Crippen LogP contribution in [0.5, 0.6) is 0 Å². The number of aromatic nitrogens is 1. The van der Waals surface area contributed by atoms with Gasteiger partial charge in [0.1, 0.15) is 11.6 Å². The van der Waals surface area contributed by atoms with E-state index in [2.05, 4.69) is 28.1 Å². The second-order valence-corrected chi connectivity index (χ2v) is 5.73. The summed E-state index contributed by atoms with van der Waals surface area (Å²) in [6.07, 6.45) is 0.716. The molecule has 3 aromatic rings. The molecule has 124 valence electrons. The number of fused-ring (bicyclic) bond motifs is 1. The molecule has 0 saturated heterocycles. The first-order valence-corrected chi connectivity index (χ1v) is 7.84. The lowest BCUT2D eigenvalue weighted by Crippen LogP contribution is -2.26.